The second-order valence-corrected chi connectivity index (χ2v) is 5.46. The van der Waals surface area contributed by atoms with Crippen LogP contribution in [0.25, 0.3) is 0 Å². The number of allylic oxidation sites excluding steroid dienone is 1. The van der Waals surface area contributed by atoms with Gasteiger partial charge in [0.1, 0.15) is 15.6 Å². The van der Waals surface area contributed by atoms with Crippen molar-refractivity contribution in [2.24, 2.45) is 0 Å². The van der Waals surface area contributed by atoms with Crippen molar-refractivity contribution in [3.05, 3.63) is 12.7 Å². The number of hydrogen-bond acceptors (Lipinski definition) is 4. The van der Waals surface area contributed by atoms with Crippen LogP contribution in [0.1, 0.15) is 51.4 Å². The Kier molecular flexibility index (Phi) is 13.7. The number of unbranched alkanes of at least 4 members (excludes halogenated alkanes) is 6. The summed E-state index contributed by atoms with van der Waals surface area (Å²) >= 11 is 0. The molecule has 0 radical (unpaired) electrons. The van der Waals surface area contributed by atoms with Crippen LogP contribution in [0.3, 0.4) is 0 Å². The summed E-state index contributed by atoms with van der Waals surface area (Å²) in [5.41, 5.74) is -1.73. The van der Waals surface area contributed by atoms with Gasteiger partial charge in [-0.25, -0.2) is 8.42 Å². The molecular weight excluding hydrogens is 251 g/mol. The van der Waals surface area contributed by atoms with E-state index in [1.807, 2.05) is 6.08 Å². The minimum absolute atomic E-state index is 0. The van der Waals surface area contributed by atoms with Crippen LogP contribution in [0.2, 0.25) is 0 Å². The Morgan fingerprint density at radius 1 is 1.12 bits per heavy atom. The van der Waals surface area contributed by atoms with E-state index in [9.17, 15) is 13.0 Å². The van der Waals surface area contributed by atoms with Crippen molar-refractivity contribution < 1.29 is 47.6 Å². The average molecular weight is 272 g/mol. The Bertz CT molecular complexity index is 277. The summed E-state index contributed by atoms with van der Waals surface area (Å²) in [6.07, 6.45) is 8.85. The molecule has 0 aliphatic heterocycles. The van der Waals surface area contributed by atoms with Crippen molar-refractivity contribution in [1.82, 2.24) is 0 Å². The van der Waals surface area contributed by atoms with E-state index in [0.717, 1.165) is 38.5 Å². The summed E-state index contributed by atoms with van der Waals surface area (Å²) in [5, 5.41) is 8.95. The van der Waals surface area contributed by atoms with Crippen molar-refractivity contribution >= 4 is 10.1 Å². The largest absolute Gasteiger partial charge is 1.00 e. The van der Waals surface area contributed by atoms with Gasteiger partial charge in [0, 0.05) is 0 Å². The van der Waals surface area contributed by atoms with Crippen LogP contribution in [-0.2, 0) is 10.1 Å². The maximum atomic E-state index is 10.4. The summed E-state index contributed by atoms with van der Waals surface area (Å²) < 4.78 is 31.1. The molecule has 0 aromatic rings. The molecule has 0 aromatic heterocycles. The third-order valence-corrected chi connectivity index (χ3v) is 3.34. The first-order chi connectivity index (χ1) is 7.48. The number of hydrogen-bond donors (Lipinski definition) is 1. The molecule has 0 amide bonds. The van der Waals surface area contributed by atoms with E-state index in [1.54, 1.807) is 0 Å². The molecule has 0 rings (SSSR count). The van der Waals surface area contributed by atoms with Crippen molar-refractivity contribution in [1.29, 1.82) is 0 Å². The molecule has 1 atom stereocenters. The van der Waals surface area contributed by atoms with Crippen LogP contribution >= 0.6 is 0 Å². The molecule has 1 unspecified atom stereocenters. The van der Waals surface area contributed by atoms with Gasteiger partial charge in [-0.05, 0) is 25.7 Å². The van der Waals surface area contributed by atoms with Crippen molar-refractivity contribution in [3.8, 4) is 0 Å². The van der Waals surface area contributed by atoms with Gasteiger partial charge >= 0.3 is 29.6 Å². The summed E-state index contributed by atoms with van der Waals surface area (Å²) in [7, 11) is -4.51. The Balaban J connectivity index is 0. The van der Waals surface area contributed by atoms with Crippen molar-refractivity contribution in [3.63, 3.8) is 0 Å². The SMILES string of the molecule is C=CCCCCCCCCC(O)S(=O)(=O)[O-].[Na+]. The van der Waals surface area contributed by atoms with Crippen LogP contribution in [0.5, 0.6) is 0 Å². The molecule has 4 nitrogen and oxygen atoms in total. The second kappa shape index (κ2) is 11.7. The van der Waals surface area contributed by atoms with E-state index in [0.29, 0.717) is 6.42 Å². The molecule has 0 aromatic carbocycles. The Labute approximate surface area is 127 Å². The van der Waals surface area contributed by atoms with Gasteiger partial charge in [-0.1, -0.05) is 31.8 Å². The monoisotopic (exact) mass is 272 g/mol. The molecule has 0 saturated carbocycles. The van der Waals surface area contributed by atoms with E-state index in [-0.39, 0.29) is 36.0 Å². The van der Waals surface area contributed by atoms with Crippen LogP contribution in [-0.4, -0.2) is 23.5 Å². The predicted molar refractivity (Wildman–Crippen MR) is 62.8 cm³/mol. The molecule has 1 N–H and O–H groups in total. The zero-order chi connectivity index (χ0) is 12.4. The standard InChI is InChI=1S/C11H22O4S.Na/c1-2-3-4-5-6-7-8-9-10-11(12)16(13,14)15;/h2,11-12H,1,3-10H2,(H,13,14,15);/q;+1/p-1. The Morgan fingerprint density at radius 2 is 1.59 bits per heavy atom. The fourth-order valence-corrected chi connectivity index (χ4v) is 1.91. The normalized spacial score (nSPS) is 12.8. The molecule has 0 fully saturated rings. The molecule has 0 heterocycles. The minimum atomic E-state index is -4.51. The average Bonchev–Trinajstić information content (AvgIpc) is 2.20. The molecule has 0 aliphatic rings. The van der Waals surface area contributed by atoms with Gasteiger partial charge in [-0.2, -0.15) is 0 Å². The summed E-state index contributed by atoms with van der Waals surface area (Å²) in [6.45, 7) is 3.64. The smallest absolute Gasteiger partial charge is 0.746 e. The fraction of sp³-hybridized carbons (Fsp3) is 0.818. The molecule has 0 aliphatic carbocycles. The van der Waals surface area contributed by atoms with Crippen molar-refractivity contribution in [2.45, 2.75) is 56.8 Å². The van der Waals surface area contributed by atoms with Gasteiger partial charge in [0.05, 0.1) is 0 Å². The maximum absolute atomic E-state index is 10.4. The molecule has 96 valence electrons. The molecule has 0 spiro atoms. The van der Waals surface area contributed by atoms with Gasteiger partial charge in [0.15, 0.2) is 0 Å². The first-order valence-corrected chi connectivity index (χ1v) is 7.19. The summed E-state index contributed by atoms with van der Waals surface area (Å²) in [6, 6.07) is 0. The number of aliphatic hydroxyl groups excluding tert-OH is 1. The van der Waals surface area contributed by atoms with E-state index in [1.165, 1.54) is 0 Å². The summed E-state index contributed by atoms with van der Waals surface area (Å²) in [5.74, 6) is 0. The summed E-state index contributed by atoms with van der Waals surface area (Å²) in [4.78, 5) is 0. The van der Waals surface area contributed by atoms with Crippen LogP contribution in [0.15, 0.2) is 12.7 Å². The molecule has 0 bridgehead atoms. The second-order valence-electron chi connectivity index (χ2n) is 3.93. The Hall–Kier alpha value is 0.610. The van der Waals surface area contributed by atoms with Crippen molar-refractivity contribution in [2.75, 3.05) is 0 Å². The van der Waals surface area contributed by atoms with Gasteiger partial charge in [-0.3, -0.25) is 0 Å². The van der Waals surface area contributed by atoms with E-state index in [2.05, 4.69) is 6.58 Å². The van der Waals surface area contributed by atoms with Crippen LogP contribution in [0.4, 0.5) is 0 Å². The zero-order valence-corrected chi connectivity index (χ0v) is 13.4. The number of aliphatic hydroxyl groups is 1. The number of rotatable bonds is 10. The quantitative estimate of drug-likeness (QED) is 0.243. The molecular formula is C11H21NaO4S. The fourth-order valence-electron chi connectivity index (χ4n) is 1.46. The third-order valence-electron chi connectivity index (χ3n) is 2.44. The topological polar surface area (TPSA) is 77.4 Å². The minimum Gasteiger partial charge on any atom is -0.746 e. The molecule has 17 heavy (non-hydrogen) atoms. The van der Waals surface area contributed by atoms with E-state index >= 15 is 0 Å². The van der Waals surface area contributed by atoms with Crippen LogP contribution < -0.4 is 29.6 Å². The van der Waals surface area contributed by atoms with Gasteiger partial charge in [-0.15, -0.1) is 6.58 Å². The predicted octanol–water partition coefficient (Wildman–Crippen LogP) is -0.839. The van der Waals surface area contributed by atoms with Gasteiger partial charge in [0.2, 0.25) is 0 Å². The first kappa shape index (κ1) is 19.9. The maximum Gasteiger partial charge on any atom is 1.00 e. The first-order valence-electron chi connectivity index (χ1n) is 5.72. The molecule has 0 saturated heterocycles. The third kappa shape index (κ3) is 12.9. The molecule has 6 heteroatoms. The van der Waals surface area contributed by atoms with Gasteiger partial charge < -0.3 is 9.66 Å². The van der Waals surface area contributed by atoms with Gasteiger partial charge in [0.25, 0.3) is 0 Å². The van der Waals surface area contributed by atoms with E-state index in [4.69, 9.17) is 5.11 Å². The van der Waals surface area contributed by atoms with Crippen LogP contribution in [0, 0.1) is 0 Å². The zero-order valence-electron chi connectivity index (χ0n) is 10.6. The Morgan fingerprint density at radius 3 is 2.06 bits per heavy atom. The van der Waals surface area contributed by atoms with E-state index < -0.39 is 15.6 Å².